The van der Waals surface area contributed by atoms with Crippen LogP contribution >= 0.6 is 0 Å². The number of carbonyl (C=O) groups is 1. The number of hydrogen-bond acceptors (Lipinski definition) is 3. The van der Waals surface area contributed by atoms with Crippen LogP contribution in [0.5, 0.6) is 11.5 Å². The van der Waals surface area contributed by atoms with Crippen molar-refractivity contribution >= 4 is 11.6 Å². The summed E-state index contributed by atoms with van der Waals surface area (Å²) in [6.45, 7) is 3.54. The fourth-order valence-corrected chi connectivity index (χ4v) is 1.74. The van der Waals surface area contributed by atoms with Crippen molar-refractivity contribution < 1.29 is 14.6 Å². The van der Waals surface area contributed by atoms with E-state index in [9.17, 15) is 9.90 Å². The number of rotatable bonds is 4. The van der Waals surface area contributed by atoms with Crippen LogP contribution in [-0.4, -0.2) is 17.1 Å². The lowest BCUT2D eigenvalue weighted by atomic mass is 10.2. The molecule has 1 atom stereocenters. The van der Waals surface area contributed by atoms with Crippen LogP contribution < -0.4 is 10.1 Å². The molecular weight excluding hydrogens is 254 g/mol. The zero-order chi connectivity index (χ0) is 14.5. The minimum atomic E-state index is -0.626. The highest BCUT2D eigenvalue weighted by Gasteiger charge is 2.15. The lowest BCUT2D eigenvalue weighted by Crippen LogP contribution is -2.30. The van der Waals surface area contributed by atoms with Crippen LogP contribution in [0.15, 0.2) is 48.5 Å². The highest BCUT2D eigenvalue weighted by Crippen LogP contribution is 2.21. The van der Waals surface area contributed by atoms with Crippen LogP contribution in [0.3, 0.4) is 0 Å². The number of carbonyl (C=O) groups excluding carboxylic acids is 1. The van der Waals surface area contributed by atoms with Gasteiger partial charge in [-0.15, -0.1) is 0 Å². The predicted octanol–water partition coefficient (Wildman–Crippen LogP) is 3.11. The summed E-state index contributed by atoms with van der Waals surface area (Å²) in [5.41, 5.74) is 1.46. The third-order valence-electron chi connectivity index (χ3n) is 2.90. The lowest BCUT2D eigenvalue weighted by Gasteiger charge is -2.15. The molecule has 4 heteroatoms. The molecule has 0 bridgehead atoms. The second kappa shape index (κ2) is 6.10. The number of anilines is 1. The van der Waals surface area contributed by atoms with Gasteiger partial charge in [0.05, 0.1) is 0 Å². The van der Waals surface area contributed by atoms with E-state index in [4.69, 9.17) is 4.74 Å². The number of ether oxygens (including phenoxy) is 1. The van der Waals surface area contributed by atoms with Gasteiger partial charge in [0.1, 0.15) is 11.5 Å². The summed E-state index contributed by atoms with van der Waals surface area (Å²) in [6.07, 6.45) is -0.626. The molecule has 2 N–H and O–H groups in total. The fourth-order valence-electron chi connectivity index (χ4n) is 1.74. The van der Waals surface area contributed by atoms with Gasteiger partial charge in [0.15, 0.2) is 6.10 Å². The highest BCUT2D eigenvalue weighted by molar-refractivity contribution is 5.94. The van der Waals surface area contributed by atoms with Crippen molar-refractivity contribution in [2.24, 2.45) is 0 Å². The summed E-state index contributed by atoms with van der Waals surface area (Å²) in [5.74, 6) is 0.493. The third kappa shape index (κ3) is 3.51. The standard InChI is InChI=1S/C16H17NO3/c1-11-8-9-13(18)10-15(11)17-16(19)12(2)20-14-6-4-3-5-7-14/h3-10,12,18H,1-2H3,(H,17,19). The molecule has 4 nitrogen and oxygen atoms in total. The molecule has 0 aliphatic rings. The van der Waals surface area contributed by atoms with Crippen molar-refractivity contribution in [2.45, 2.75) is 20.0 Å². The molecule has 0 fully saturated rings. The number of nitrogens with one attached hydrogen (secondary N) is 1. The maximum Gasteiger partial charge on any atom is 0.265 e. The number of para-hydroxylation sites is 1. The average molecular weight is 271 g/mol. The van der Waals surface area contributed by atoms with E-state index >= 15 is 0 Å². The molecule has 0 aromatic heterocycles. The molecule has 1 amide bonds. The van der Waals surface area contributed by atoms with Crippen LogP contribution in [0.4, 0.5) is 5.69 Å². The summed E-state index contributed by atoms with van der Waals surface area (Å²) in [5, 5.41) is 12.2. The minimum absolute atomic E-state index is 0.113. The molecule has 0 aliphatic heterocycles. The first kappa shape index (κ1) is 13.9. The van der Waals surface area contributed by atoms with Crippen LogP contribution in [0, 0.1) is 6.92 Å². The molecule has 1 unspecified atom stereocenters. The first-order valence-electron chi connectivity index (χ1n) is 6.38. The summed E-state index contributed by atoms with van der Waals surface area (Å²) < 4.78 is 5.54. The molecule has 104 valence electrons. The smallest absolute Gasteiger partial charge is 0.265 e. The van der Waals surface area contributed by atoms with Gasteiger partial charge in [0.2, 0.25) is 0 Å². The molecule has 2 rings (SSSR count). The molecule has 0 heterocycles. The van der Waals surface area contributed by atoms with Crippen LogP contribution in [0.1, 0.15) is 12.5 Å². The van der Waals surface area contributed by atoms with E-state index in [1.165, 1.54) is 6.07 Å². The number of aromatic hydroxyl groups is 1. The van der Waals surface area contributed by atoms with Crippen LogP contribution in [0.25, 0.3) is 0 Å². The van der Waals surface area contributed by atoms with Crippen molar-refractivity contribution in [1.29, 1.82) is 0 Å². The summed E-state index contributed by atoms with van der Waals surface area (Å²) in [7, 11) is 0. The van der Waals surface area contributed by atoms with E-state index < -0.39 is 6.10 Å². The normalized spacial score (nSPS) is 11.7. The van der Waals surface area contributed by atoms with E-state index in [1.54, 1.807) is 31.2 Å². The van der Waals surface area contributed by atoms with Gasteiger partial charge in [0.25, 0.3) is 5.91 Å². The first-order valence-corrected chi connectivity index (χ1v) is 6.38. The van der Waals surface area contributed by atoms with E-state index in [1.807, 2.05) is 25.1 Å². The number of phenolic OH excluding ortho intramolecular Hbond substituents is 1. The number of benzene rings is 2. The van der Waals surface area contributed by atoms with Crippen molar-refractivity contribution in [3.05, 3.63) is 54.1 Å². The largest absolute Gasteiger partial charge is 0.508 e. The maximum absolute atomic E-state index is 12.1. The van der Waals surface area contributed by atoms with Gasteiger partial charge < -0.3 is 15.2 Å². The third-order valence-corrected chi connectivity index (χ3v) is 2.90. The number of hydrogen-bond donors (Lipinski definition) is 2. The van der Waals surface area contributed by atoms with Gasteiger partial charge in [-0.25, -0.2) is 0 Å². The Balaban J connectivity index is 2.02. The van der Waals surface area contributed by atoms with Gasteiger partial charge in [-0.3, -0.25) is 4.79 Å². The lowest BCUT2D eigenvalue weighted by molar-refractivity contribution is -0.122. The Labute approximate surface area is 118 Å². The number of phenols is 1. The Kier molecular flexibility index (Phi) is 4.25. The molecular formula is C16H17NO3. The molecule has 0 saturated heterocycles. The Bertz CT molecular complexity index is 596. The van der Waals surface area contributed by atoms with Crippen molar-refractivity contribution in [3.8, 4) is 11.5 Å². The molecule has 0 aliphatic carbocycles. The van der Waals surface area contributed by atoms with Crippen molar-refractivity contribution in [1.82, 2.24) is 0 Å². The molecule has 0 saturated carbocycles. The van der Waals surface area contributed by atoms with Crippen molar-refractivity contribution in [3.63, 3.8) is 0 Å². The van der Waals surface area contributed by atoms with Crippen LogP contribution in [-0.2, 0) is 4.79 Å². The Morgan fingerprint density at radius 2 is 1.90 bits per heavy atom. The summed E-state index contributed by atoms with van der Waals surface area (Å²) in [4.78, 5) is 12.1. The average Bonchev–Trinajstić information content (AvgIpc) is 2.44. The maximum atomic E-state index is 12.1. The SMILES string of the molecule is Cc1ccc(O)cc1NC(=O)C(C)Oc1ccccc1. The van der Waals surface area contributed by atoms with Crippen LogP contribution in [0.2, 0.25) is 0 Å². The van der Waals surface area contributed by atoms with E-state index in [-0.39, 0.29) is 11.7 Å². The van der Waals surface area contributed by atoms with Gasteiger partial charge in [-0.1, -0.05) is 24.3 Å². The topological polar surface area (TPSA) is 58.6 Å². The molecule has 2 aromatic carbocycles. The Hall–Kier alpha value is -2.49. The number of amides is 1. The van der Waals surface area contributed by atoms with Gasteiger partial charge in [0, 0.05) is 11.8 Å². The molecule has 20 heavy (non-hydrogen) atoms. The zero-order valence-electron chi connectivity index (χ0n) is 11.5. The zero-order valence-corrected chi connectivity index (χ0v) is 11.5. The molecule has 0 spiro atoms. The van der Waals surface area contributed by atoms with Gasteiger partial charge >= 0.3 is 0 Å². The highest BCUT2D eigenvalue weighted by atomic mass is 16.5. The Morgan fingerprint density at radius 3 is 2.60 bits per heavy atom. The summed E-state index contributed by atoms with van der Waals surface area (Å²) >= 11 is 0. The Morgan fingerprint density at radius 1 is 1.20 bits per heavy atom. The number of aryl methyl sites for hydroxylation is 1. The monoisotopic (exact) mass is 271 g/mol. The fraction of sp³-hybridized carbons (Fsp3) is 0.188. The van der Waals surface area contributed by atoms with Gasteiger partial charge in [-0.2, -0.15) is 0 Å². The second-order valence-electron chi connectivity index (χ2n) is 4.56. The second-order valence-corrected chi connectivity index (χ2v) is 4.56. The van der Waals surface area contributed by atoms with Gasteiger partial charge in [-0.05, 0) is 37.6 Å². The van der Waals surface area contributed by atoms with Crippen molar-refractivity contribution in [2.75, 3.05) is 5.32 Å². The predicted molar refractivity (Wildman–Crippen MR) is 78.0 cm³/mol. The molecule has 0 radical (unpaired) electrons. The minimum Gasteiger partial charge on any atom is -0.508 e. The van der Waals surface area contributed by atoms with E-state index in [0.29, 0.717) is 11.4 Å². The first-order chi connectivity index (χ1) is 9.56. The molecule has 2 aromatic rings. The van der Waals surface area contributed by atoms with E-state index in [2.05, 4.69) is 5.32 Å². The van der Waals surface area contributed by atoms with E-state index in [0.717, 1.165) is 5.56 Å². The summed E-state index contributed by atoms with van der Waals surface area (Å²) in [6, 6.07) is 14.0. The quantitative estimate of drug-likeness (QED) is 0.898.